The molecule has 0 radical (unpaired) electrons. The first-order valence-corrected chi connectivity index (χ1v) is 7.23. The second-order valence-corrected chi connectivity index (χ2v) is 5.70. The van der Waals surface area contributed by atoms with Crippen molar-refractivity contribution < 1.29 is 8.78 Å². The van der Waals surface area contributed by atoms with Crippen LogP contribution in [0.3, 0.4) is 0 Å². The zero-order valence-electron chi connectivity index (χ0n) is 12.5. The molecule has 1 unspecified atom stereocenters. The molecule has 2 aromatic carbocycles. The van der Waals surface area contributed by atoms with E-state index >= 15 is 0 Å². The highest BCUT2D eigenvalue weighted by atomic mass is 35.5. The minimum Gasteiger partial charge on any atom is -0.292 e. The van der Waals surface area contributed by atoms with Gasteiger partial charge in [-0.25, -0.2) is 8.78 Å². The largest absolute Gasteiger partial charge is 0.292 e. The maximum absolute atomic E-state index is 14.3. The second kappa shape index (κ2) is 7.08. The molecule has 0 amide bonds. The first-order chi connectivity index (χ1) is 10.6. The van der Waals surface area contributed by atoms with Crippen molar-refractivity contribution in [3.05, 3.63) is 71.3 Å². The molecule has 1 aliphatic rings. The van der Waals surface area contributed by atoms with Gasteiger partial charge in [0.2, 0.25) is 0 Å². The van der Waals surface area contributed by atoms with Crippen LogP contribution in [-0.2, 0) is 6.54 Å². The summed E-state index contributed by atoms with van der Waals surface area (Å²) in [5, 5.41) is 8.80. The van der Waals surface area contributed by atoms with Gasteiger partial charge in [0.1, 0.15) is 0 Å². The van der Waals surface area contributed by atoms with Crippen molar-refractivity contribution in [2.24, 2.45) is 0 Å². The highest BCUT2D eigenvalue weighted by Gasteiger charge is 2.48. The lowest BCUT2D eigenvalue weighted by atomic mass is 9.95. The summed E-state index contributed by atoms with van der Waals surface area (Å²) in [6.45, 7) is 0.629. The molecule has 0 aromatic heterocycles. The van der Waals surface area contributed by atoms with Gasteiger partial charge in [-0.3, -0.25) is 4.90 Å². The number of halogens is 3. The molecule has 0 spiro atoms. The predicted molar refractivity (Wildman–Crippen MR) is 87.8 cm³/mol. The van der Waals surface area contributed by atoms with Crippen LogP contribution in [0.15, 0.2) is 54.6 Å². The van der Waals surface area contributed by atoms with Crippen LogP contribution in [0.25, 0.3) is 0 Å². The lowest BCUT2D eigenvalue weighted by Gasteiger charge is -2.17. The summed E-state index contributed by atoms with van der Waals surface area (Å²) in [7, 11) is 0. The maximum atomic E-state index is 14.3. The van der Waals surface area contributed by atoms with Gasteiger partial charge < -0.3 is 0 Å². The monoisotopic (exact) mass is 334 g/mol. The number of hydrogen-bond donors (Lipinski definition) is 0. The van der Waals surface area contributed by atoms with Gasteiger partial charge in [-0.15, -0.1) is 12.4 Å². The van der Waals surface area contributed by atoms with Crippen LogP contribution >= 0.6 is 12.4 Å². The van der Waals surface area contributed by atoms with E-state index in [0.29, 0.717) is 24.2 Å². The normalized spacial score (nSPS) is 19.8. The summed E-state index contributed by atoms with van der Waals surface area (Å²) in [5.41, 5.74) is 2.13. The van der Waals surface area contributed by atoms with E-state index in [2.05, 4.69) is 0 Å². The fourth-order valence-electron chi connectivity index (χ4n) is 2.97. The number of nitrogens with zero attached hydrogens (tertiary/aromatic N) is 2. The van der Waals surface area contributed by atoms with Crippen LogP contribution in [0.5, 0.6) is 0 Å². The third-order valence-electron chi connectivity index (χ3n) is 4.08. The van der Waals surface area contributed by atoms with E-state index in [1.807, 2.05) is 36.4 Å². The summed E-state index contributed by atoms with van der Waals surface area (Å²) in [4.78, 5) is 1.79. The molecule has 0 aliphatic carbocycles. The SMILES string of the molecule is Cl.N#Cc1ccc(C2CN(Cc3ccccc3)CC2(F)F)cc1. The molecule has 23 heavy (non-hydrogen) atoms. The number of nitriles is 1. The van der Waals surface area contributed by atoms with E-state index in [-0.39, 0.29) is 19.0 Å². The summed E-state index contributed by atoms with van der Waals surface area (Å²) in [6, 6.07) is 18.2. The van der Waals surface area contributed by atoms with E-state index in [1.165, 1.54) is 0 Å². The summed E-state index contributed by atoms with van der Waals surface area (Å²) < 4.78 is 28.6. The fourth-order valence-corrected chi connectivity index (χ4v) is 2.97. The van der Waals surface area contributed by atoms with Crippen LogP contribution in [0.1, 0.15) is 22.6 Å². The molecule has 1 heterocycles. The average molecular weight is 335 g/mol. The van der Waals surface area contributed by atoms with Crippen molar-refractivity contribution in [1.29, 1.82) is 5.26 Å². The molecule has 0 N–H and O–H groups in total. The predicted octanol–water partition coefficient (Wildman–Crippen LogP) is 4.21. The van der Waals surface area contributed by atoms with Crippen molar-refractivity contribution >= 4 is 12.4 Å². The third-order valence-corrected chi connectivity index (χ3v) is 4.08. The summed E-state index contributed by atoms with van der Waals surface area (Å²) >= 11 is 0. The van der Waals surface area contributed by atoms with Crippen molar-refractivity contribution in [3.63, 3.8) is 0 Å². The minimum absolute atomic E-state index is 0. The molecule has 0 saturated carbocycles. The van der Waals surface area contributed by atoms with Gasteiger partial charge >= 0.3 is 0 Å². The van der Waals surface area contributed by atoms with Gasteiger partial charge in [0.05, 0.1) is 24.1 Å². The minimum atomic E-state index is -2.75. The van der Waals surface area contributed by atoms with Gasteiger partial charge in [0, 0.05) is 13.1 Å². The average Bonchev–Trinajstić information content (AvgIpc) is 2.82. The molecule has 1 saturated heterocycles. The lowest BCUT2D eigenvalue weighted by Crippen LogP contribution is -2.26. The van der Waals surface area contributed by atoms with Gasteiger partial charge in [-0.1, -0.05) is 42.5 Å². The smallest absolute Gasteiger partial charge is 0.268 e. The van der Waals surface area contributed by atoms with Gasteiger partial charge in [0.15, 0.2) is 0 Å². The molecule has 2 aromatic rings. The number of benzene rings is 2. The molecule has 120 valence electrons. The highest BCUT2D eigenvalue weighted by Crippen LogP contribution is 2.40. The Hall–Kier alpha value is -1.96. The van der Waals surface area contributed by atoms with Crippen molar-refractivity contribution in [2.45, 2.75) is 18.4 Å². The first kappa shape index (κ1) is 17.4. The third kappa shape index (κ3) is 3.87. The maximum Gasteiger partial charge on any atom is 0.268 e. The zero-order chi connectivity index (χ0) is 15.6. The second-order valence-electron chi connectivity index (χ2n) is 5.70. The van der Waals surface area contributed by atoms with Gasteiger partial charge in [0.25, 0.3) is 5.92 Å². The quantitative estimate of drug-likeness (QED) is 0.840. The Morgan fingerprint density at radius 3 is 2.35 bits per heavy atom. The Labute approximate surface area is 140 Å². The van der Waals surface area contributed by atoms with Crippen LogP contribution in [0, 0.1) is 11.3 Å². The number of likely N-dealkylation sites (tertiary alicyclic amines) is 1. The van der Waals surface area contributed by atoms with Crippen LogP contribution in [0.4, 0.5) is 8.78 Å². The zero-order valence-corrected chi connectivity index (χ0v) is 13.3. The number of rotatable bonds is 3. The number of hydrogen-bond acceptors (Lipinski definition) is 2. The van der Waals surface area contributed by atoms with E-state index in [0.717, 1.165) is 5.56 Å². The van der Waals surface area contributed by atoms with E-state index < -0.39 is 11.8 Å². The van der Waals surface area contributed by atoms with Gasteiger partial charge in [-0.05, 0) is 23.3 Å². The molecule has 1 fully saturated rings. The Morgan fingerprint density at radius 1 is 1.09 bits per heavy atom. The summed E-state index contributed by atoms with van der Waals surface area (Å²) in [6.07, 6.45) is 0. The molecule has 1 atom stereocenters. The topological polar surface area (TPSA) is 27.0 Å². The van der Waals surface area contributed by atoms with Crippen LogP contribution in [-0.4, -0.2) is 23.9 Å². The lowest BCUT2D eigenvalue weighted by molar-refractivity contribution is -0.00345. The highest BCUT2D eigenvalue weighted by molar-refractivity contribution is 5.85. The van der Waals surface area contributed by atoms with E-state index in [9.17, 15) is 8.78 Å². The molecule has 5 heteroatoms. The van der Waals surface area contributed by atoms with E-state index in [1.54, 1.807) is 29.2 Å². The number of alkyl halides is 2. The Morgan fingerprint density at radius 2 is 1.74 bits per heavy atom. The molecule has 2 nitrogen and oxygen atoms in total. The van der Waals surface area contributed by atoms with Crippen LogP contribution < -0.4 is 0 Å². The van der Waals surface area contributed by atoms with Crippen molar-refractivity contribution in [3.8, 4) is 6.07 Å². The van der Waals surface area contributed by atoms with E-state index in [4.69, 9.17) is 5.26 Å². The summed E-state index contributed by atoms with van der Waals surface area (Å²) in [5.74, 6) is -3.56. The molecular formula is C18H17ClF2N2. The standard InChI is InChI=1S/C18H16F2N2.ClH/c19-18(20)13-22(11-15-4-2-1-3-5-15)12-17(18)16-8-6-14(10-21)7-9-16;/h1-9,17H,11-13H2;1H. The van der Waals surface area contributed by atoms with Crippen molar-refractivity contribution in [1.82, 2.24) is 4.90 Å². The van der Waals surface area contributed by atoms with Crippen LogP contribution in [0.2, 0.25) is 0 Å². The molecular weight excluding hydrogens is 318 g/mol. The molecule has 0 bridgehead atoms. The first-order valence-electron chi connectivity index (χ1n) is 7.23. The fraction of sp³-hybridized carbons (Fsp3) is 0.278. The van der Waals surface area contributed by atoms with Gasteiger partial charge in [-0.2, -0.15) is 5.26 Å². The Balaban J connectivity index is 0.00000192. The Kier molecular flexibility index (Phi) is 5.35. The van der Waals surface area contributed by atoms with Crippen molar-refractivity contribution in [2.75, 3.05) is 13.1 Å². The Bertz CT molecular complexity index is 680. The molecule has 3 rings (SSSR count). The molecule has 1 aliphatic heterocycles.